The summed E-state index contributed by atoms with van der Waals surface area (Å²) in [6.45, 7) is 1.85. The molecule has 1 saturated heterocycles. The summed E-state index contributed by atoms with van der Waals surface area (Å²) in [5.41, 5.74) is 1.58. The van der Waals surface area contributed by atoms with E-state index < -0.39 is 0 Å². The molecule has 1 fully saturated rings. The van der Waals surface area contributed by atoms with Crippen molar-refractivity contribution in [1.29, 1.82) is 0 Å². The van der Waals surface area contributed by atoms with Crippen molar-refractivity contribution < 1.29 is 0 Å². The lowest BCUT2D eigenvalue weighted by Gasteiger charge is -2.29. The molecular weight excluding hydrogens is 326 g/mol. The number of hydrogen-bond donors (Lipinski definition) is 1. The zero-order valence-electron chi connectivity index (χ0n) is 13.2. The van der Waals surface area contributed by atoms with E-state index in [2.05, 4.69) is 20.0 Å². The smallest absolute Gasteiger partial charge is 0.279 e. The molecule has 24 heavy (non-hydrogen) atoms. The molecule has 4 rings (SSSR count). The van der Waals surface area contributed by atoms with Crippen molar-refractivity contribution in [1.82, 2.24) is 19.6 Å². The molecule has 1 aliphatic heterocycles. The van der Waals surface area contributed by atoms with Gasteiger partial charge in [0.25, 0.3) is 11.3 Å². The number of anilines is 1. The number of nitrogens with one attached hydrogen (secondary N) is 1. The molecule has 6 nitrogen and oxygen atoms in total. The summed E-state index contributed by atoms with van der Waals surface area (Å²) in [7, 11) is 0. The van der Waals surface area contributed by atoms with Crippen LogP contribution in [0, 0.1) is 0 Å². The van der Waals surface area contributed by atoms with Gasteiger partial charge < -0.3 is 4.90 Å². The summed E-state index contributed by atoms with van der Waals surface area (Å²) in [6, 6.07) is 7.60. The Morgan fingerprint density at radius 2 is 2.04 bits per heavy atom. The van der Waals surface area contributed by atoms with Crippen LogP contribution in [0.3, 0.4) is 0 Å². The fourth-order valence-electron chi connectivity index (χ4n) is 3.25. The van der Waals surface area contributed by atoms with Gasteiger partial charge in [0.05, 0.1) is 5.56 Å². The van der Waals surface area contributed by atoms with Gasteiger partial charge in [-0.2, -0.15) is 9.50 Å². The van der Waals surface area contributed by atoms with Crippen molar-refractivity contribution in [2.45, 2.75) is 25.7 Å². The highest BCUT2D eigenvalue weighted by molar-refractivity contribution is 6.30. The number of fused-ring (bicyclic) bond motifs is 1. The Kier molecular flexibility index (Phi) is 3.98. The minimum absolute atomic E-state index is 0.0990. The van der Waals surface area contributed by atoms with Gasteiger partial charge in [0.1, 0.15) is 12.1 Å². The third kappa shape index (κ3) is 2.78. The average molecular weight is 344 g/mol. The second-order valence-electron chi connectivity index (χ2n) is 6.10. The molecule has 3 aromatic rings. The number of rotatable bonds is 3. The quantitative estimate of drug-likeness (QED) is 0.794. The van der Waals surface area contributed by atoms with E-state index in [0.29, 0.717) is 22.8 Å². The Hall–Kier alpha value is -2.34. The summed E-state index contributed by atoms with van der Waals surface area (Å²) in [6.07, 6.45) is 5.47. The van der Waals surface area contributed by atoms with Crippen molar-refractivity contribution in [2.24, 2.45) is 0 Å². The molecule has 0 aliphatic carbocycles. The molecule has 3 heterocycles. The SMILES string of the molecule is O=c1c(Cc2cccc(Cl)c2)c(N2CCCCC2)nc2nc[nH]n12. The van der Waals surface area contributed by atoms with Crippen LogP contribution in [0.15, 0.2) is 35.4 Å². The fourth-order valence-corrected chi connectivity index (χ4v) is 3.47. The average Bonchev–Trinajstić information content (AvgIpc) is 3.07. The van der Waals surface area contributed by atoms with Crippen LogP contribution < -0.4 is 10.5 Å². The molecule has 0 unspecified atom stereocenters. The third-order valence-electron chi connectivity index (χ3n) is 4.43. The maximum absolute atomic E-state index is 12.9. The number of aromatic amines is 1. The lowest BCUT2D eigenvalue weighted by atomic mass is 10.0. The number of nitrogens with zero attached hydrogens (tertiary/aromatic N) is 4. The van der Waals surface area contributed by atoms with Crippen molar-refractivity contribution in [2.75, 3.05) is 18.0 Å². The summed E-state index contributed by atoms with van der Waals surface area (Å²) in [5.74, 6) is 1.17. The van der Waals surface area contributed by atoms with Gasteiger partial charge in [0.15, 0.2) is 0 Å². The molecule has 0 spiro atoms. The first-order valence-electron chi connectivity index (χ1n) is 8.17. The molecule has 0 amide bonds. The van der Waals surface area contributed by atoms with Gasteiger partial charge in [-0.15, -0.1) is 0 Å². The van der Waals surface area contributed by atoms with Gasteiger partial charge in [0.2, 0.25) is 0 Å². The van der Waals surface area contributed by atoms with Crippen molar-refractivity contribution >= 4 is 23.2 Å². The molecule has 0 saturated carbocycles. The maximum atomic E-state index is 12.9. The maximum Gasteiger partial charge on any atom is 0.279 e. The molecule has 124 valence electrons. The zero-order valence-corrected chi connectivity index (χ0v) is 14.0. The van der Waals surface area contributed by atoms with E-state index in [1.165, 1.54) is 17.3 Å². The highest BCUT2D eigenvalue weighted by atomic mass is 35.5. The highest BCUT2D eigenvalue weighted by Gasteiger charge is 2.21. The fraction of sp³-hybridized carbons (Fsp3) is 0.353. The lowest BCUT2D eigenvalue weighted by Crippen LogP contribution is -2.34. The van der Waals surface area contributed by atoms with E-state index in [-0.39, 0.29) is 5.56 Å². The van der Waals surface area contributed by atoms with Crippen molar-refractivity contribution in [3.63, 3.8) is 0 Å². The Labute approximate surface area is 144 Å². The standard InChI is InChI=1S/C17H18ClN5O/c18-13-6-4-5-12(9-13)10-14-15(22-7-2-1-3-8-22)21-17-19-11-20-23(17)16(14)24/h4-6,9,11H,1-3,7-8,10H2,(H,19,20,21). The predicted octanol–water partition coefficient (Wildman–Crippen LogP) is 2.65. The van der Waals surface area contributed by atoms with Crippen molar-refractivity contribution in [3.8, 4) is 0 Å². The Bertz CT molecular complexity index is 926. The van der Waals surface area contributed by atoms with Crippen molar-refractivity contribution in [3.05, 3.63) is 57.1 Å². The summed E-state index contributed by atoms with van der Waals surface area (Å²) < 4.78 is 1.40. The Balaban J connectivity index is 1.84. The van der Waals surface area contributed by atoms with Crippen LogP contribution in [0.2, 0.25) is 5.02 Å². The first-order chi connectivity index (χ1) is 11.7. The van der Waals surface area contributed by atoms with Crippen LogP contribution in [0.4, 0.5) is 5.82 Å². The Morgan fingerprint density at radius 1 is 1.21 bits per heavy atom. The van der Waals surface area contributed by atoms with Gasteiger partial charge in [0, 0.05) is 24.5 Å². The van der Waals surface area contributed by atoms with E-state index in [4.69, 9.17) is 11.6 Å². The molecule has 2 aromatic heterocycles. The zero-order chi connectivity index (χ0) is 16.5. The van der Waals surface area contributed by atoms with Gasteiger partial charge in [-0.1, -0.05) is 23.7 Å². The van der Waals surface area contributed by atoms with Crippen LogP contribution in [-0.2, 0) is 6.42 Å². The number of aromatic nitrogens is 4. The van der Waals surface area contributed by atoms with Crippen LogP contribution >= 0.6 is 11.6 Å². The largest absolute Gasteiger partial charge is 0.356 e. The molecular formula is C17H18ClN5O. The highest BCUT2D eigenvalue weighted by Crippen LogP contribution is 2.23. The summed E-state index contributed by atoms with van der Waals surface area (Å²) in [4.78, 5) is 23.9. The van der Waals surface area contributed by atoms with Crippen LogP contribution in [0.1, 0.15) is 30.4 Å². The number of hydrogen-bond acceptors (Lipinski definition) is 4. The minimum Gasteiger partial charge on any atom is -0.356 e. The van der Waals surface area contributed by atoms with E-state index in [9.17, 15) is 4.79 Å². The van der Waals surface area contributed by atoms with Gasteiger partial charge >= 0.3 is 0 Å². The molecule has 7 heteroatoms. The lowest BCUT2D eigenvalue weighted by molar-refractivity contribution is 0.571. The molecule has 1 aliphatic rings. The van der Waals surface area contributed by atoms with Gasteiger partial charge in [-0.05, 0) is 37.0 Å². The topological polar surface area (TPSA) is 66.3 Å². The van der Waals surface area contributed by atoms with Gasteiger partial charge in [-0.3, -0.25) is 9.89 Å². The molecule has 0 bridgehead atoms. The van der Waals surface area contributed by atoms with Crippen LogP contribution in [-0.4, -0.2) is 32.7 Å². The Morgan fingerprint density at radius 3 is 2.83 bits per heavy atom. The number of piperidine rings is 1. The molecule has 0 atom stereocenters. The van der Waals surface area contributed by atoms with E-state index >= 15 is 0 Å². The normalized spacial score (nSPS) is 15.1. The van der Waals surface area contributed by atoms with Crippen LogP contribution in [0.5, 0.6) is 0 Å². The van der Waals surface area contributed by atoms with E-state index in [1.807, 2.05) is 24.3 Å². The number of halogens is 1. The second-order valence-corrected chi connectivity index (χ2v) is 6.53. The van der Waals surface area contributed by atoms with E-state index in [0.717, 1.165) is 37.3 Å². The summed E-state index contributed by atoms with van der Waals surface area (Å²) >= 11 is 6.09. The second kappa shape index (κ2) is 6.28. The van der Waals surface area contributed by atoms with E-state index in [1.54, 1.807) is 0 Å². The monoisotopic (exact) mass is 343 g/mol. The first-order valence-corrected chi connectivity index (χ1v) is 8.54. The molecule has 1 N–H and O–H groups in total. The van der Waals surface area contributed by atoms with Crippen LogP contribution in [0.25, 0.3) is 5.78 Å². The number of H-pyrrole nitrogens is 1. The van der Waals surface area contributed by atoms with Gasteiger partial charge in [-0.25, -0.2) is 4.98 Å². The summed E-state index contributed by atoms with van der Waals surface area (Å²) in [5, 5.41) is 3.51. The third-order valence-corrected chi connectivity index (χ3v) is 4.66. The first kappa shape index (κ1) is 15.2. The minimum atomic E-state index is -0.0990. The number of benzene rings is 1. The molecule has 0 radical (unpaired) electrons. The predicted molar refractivity (Wildman–Crippen MR) is 93.9 cm³/mol. The molecule has 1 aromatic carbocycles.